The molecule has 1 atom stereocenters. The van der Waals surface area contributed by atoms with Crippen LogP contribution in [0.2, 0.25) is 0 Å². The third-order valence-electron chi connectivity index (χ3n) is 4.53. The van der Waals surface area contributed by atoms with Crippen molar-refractivity contribution in [3.05, 3.63) is 65.5 Å². The zero-order valence-corrected chi connectivity index (χ0v) is 14.4. The highest BCUT2D eigenvalue weighted by Crippen LogP contribution is 2.20. The minimum Gasteiger partial charge on any atom is -0.355 e. The van der Waals surface area contributed by atoms with E-state index < -0.39 is 11.6 Å². The molecule has 26 heavy (non-hydrogen) atoms. The van der Waals surface area contributed by atoms with Crippen LogP contribution in [0.25, 0.3) is 0 Å². The van der Waals surface area contributed by atoms with Gasteiger partial charge in [0, 0.05) is 50.2 Å². The lowest BCUT2D eigenvalue weighted by atomic mass is 10.1. The van der Waals surface area contributed by atoms with Crippen LogP contribution in [0, 0.1) is 11.6 Å². The number of hydrogen-bond donors (Lipinski definition) is 2. The molecule has 2 aromatic rings. The summed E-state index contributed by atoms with van der Waals surface area (Å²) < 4.78 is 27.2. The number of carbonyl (C=O) groups is 1. The van der Waals surface area contributed by atoms with Gasteiger partial charge in [-0.15, -0.1) is 0 Å². The van der Waals surface area contributed by atoms with E-state index in [1.165, 1.54) is 18.2 Å². The summed E-state index contributed by atoms with van der Waals surface area (Å²) in [4.78, 5) is 18.5. The Hall–Kier alpha value is -2.38. The van der Waals surface area contributed by atoms with Crippen molar-refractivity contribution in [1.29, 1.82) is 0 Å². The first-order valence-electron chi connectivity index (χ1n) is 8.69. The minimum absolute atomic E-state index is 0.00297. The van der Waals surface area contributed by atoms with Crippen LogP contribution < -0.4 is 10.6 Å². The number of halogens is 2. The smallest absolute Gasteiger partial charge is 0.234 e. The molecule has 5 nitrogen and oxygen atoms in total. The quantitative estimate of drug-likeness (QED) is 0.823. The standard InChI is InChI=1S/C19H22F2N4O/c20-16-4-1-5-17(21)15(16)6-8-24-19(26)13-25-10-9-23-12-18(25)14-3-2-7-22-11-14/h1-5,7,11,18,23H,6,8-10,12-13H2,(H,24,26). The summed E-state index contributed by atoms with van der Waals surface area (Å²) in [5.41, 5.74) is 1.06. The number of piperazine rings is 1. The molecule has 1 amide bonds. The number of pyridine rings is 1. The molecule has 138 valence electrons. The summed E-state index contributed by atoms with van der Waals surface area (Å²) in [5.74, 6) is -1.33. The van der Waals surface area contributed by atoms with Crippen LogP contribution in [0.5, 0.6) is 0 Å². The Labute approximate surface area is 151 Å². The Morgan fingerprint density at radius 2 is 2.08 bits per heavy atom. The molecule has 0 spiro atoms. The molecule has 7 heteroatoms. The lowest BCUT2D eigenvalue weighted by Gasteiger charge is -2.35. The average molecular weight is 360 g/mol. The number of hydrogen-bond acceptors (Lipinski definition) is 4. The van der Waals surface area contributed by atoms with Crippen LogP contribution in [0.1, 0.15) is 17.2 Å². The summed E-state index contributed by atoms with van der Waals surface area (Å²) in [6.45, 7) is 2.74. The van der Waals surface area contributed by atoms with Gasteiger partial charge >= 0.3 is 0 Å². The lowest BCUT2D eigenvalue weighted by Crippen LogP contribution is -2.49. The monoisotopic (exact) mass is 360 g/mol. The SMILES string of the molecule is O=C(CN1CCNCC1c1cccnc1)NCCc1c(F)cccc1F. The van der Waals surface area contributed by atoms with Gasteiger partial charge in [0.2, 0.25) is 5.91 Å². The molecular formula is C19H22F2N4O. The fourth-order valence-electron chi connectivity index (χ4n) is 3.18. The van der Waals surface area contributed by atoms with Gasteiger partial charge < -0.3 is 10.6 Å². The molecule has 0 saturated carbocycles. The van der Waals surface area contributed by atoms with Gasteiger partial charge in [-0.1, -0.05) is 12.1 Å². The molecular weight excluding hydrogens is 338 g/mol. The fourth-order valence-corrected chi connectivity index (χ4v) is 3.18. The second kappa shape index (κ2) is 8.82. The number of rotatable bonds is 6. The van der Waals surface area contributed by atoms with Crippen molar-refractivity contribution in [3.8, 4) is 0 Å². The average Bonchev–Trinajstić information content (AvgIpc) is 2.65. The number of nitrogens with zero attached hydrogens (tertiary/aromatic N) is 2. The fraction of sp³-hybridized carbons (Fsp3) is 0.368. The molecule has 3 rings (SSSR count). The maximum atomic E-state index is 13.6. The third kappa shape index (κ3) is 4.62. The molecule has 2 N–H and O–H groups in total. The van der Waals surface area contributed by atoms with Crippen LogP contribution in [0.3, 0.4) is 0 Å². The number of carbonyl (C=O) groups excluding carboxylic acids is 1. The van der Waals surface area contributed by atoms with Crippen LogP contribution in [-0.4, -0.2) is 48.5 Å². The highest BCUT2D eigenvalue weighted by Gasteiger charge is 2.25. The zero-order chi connectivity index (χ0) is 18.4. The third-order valence-corrected chi connectivity index (χ3v) is 4.53. The Morgan fingerprint density at radius 3 is 2.81 bits per heavy atom. The molecule has 1 saturated heterocycles. The molecule has 0 bridgehead atoms. The normalized spacial score (nSPS) is 17.8. The lowest BCUT2D eigenvalue weighted by molar-refractivity contribution is -0.123. The first kappa shape index (κ1) is 18.4. The molecule has 1 aliphatic rings. The van der Waals surface area contributed by atoms with Crippen LogP contribution in [0.4, 0.5) is 8.78 Å². The van der Waals surface area contributed by atoms with Crippen molar-refractivity contribution in [3.63, 3.8) is 0 Å². The van der Waals surface area contributed by atoms with E-state index in [1.54, 1.807) is 6.20 Å². The maximum Gasteiger partial charge on any atom is 0.234 e. The van der Waals surface area contributed by atoms with Crippen LogP contribution in [0.15, 0.2) is 42.7 Å². The molecule has 2 heterocycles. The van der Waals surface area contributed by atoms with Gasteiger partial charge in [-0.25, -0.2) is 8.78 Å². The summed E-state index contributed by atoms with van der Waals surface area (Å²) in [5, 5.41) is 6.08. The highest BCUT2D eigenvalue weighted by atomic mass is 19.1. The van der Waals surface area contributed by atoms with Crippen LogP contribution in [-0.2, 0) is 11.2 Å². The Morgan fingerprint density at radius 1 is 1.27 bits per heavy atom. The predicted molar refractivity (Wildman–Crippen MR) is 94.5 cm³/mol. The first-order valence-corrected chi connectivity index (χ1v) is 8.69. The zero-order valence-electron chi connectivity index (χ0n) is 14.4. The largest absolute Gasteiger partial charge is 0.355 e. The van der Waals surface area contributed by atoms with E-state index in [-0.39, 0.29) is 37.0 Å². The maximum absolute atomic E-state index is 13.6. The van der Waals surface area contributed by atoms with Gasteiger partial charge in [-0.3, -0.25) is 14.7 Å². The van der Waals surface area contributed by atoms with Crippen molar-refractivity contribution >= 4 is 5.91 Å². The van der Waals surface area contributed by atoms with Crippen molar-refractivity contribution in [2.24, 2.45) is 0 Å². The molecule has 1 aliphatic heterocycles. The summed E-state index contributed by atoms with van der Waals surface area (Å²) in [7, 11) is 0. The van der Waals surface area contributed by atoms with E-state index in [9.17, 15) is 13.6 Å². The topological polar surface area (TPSA) is 57.3 Å². The van der Waals surface area contributed by atoms with Gasteiger partial charge in [0.05, 0.1) is 6.54 Å². The predicted octanol–water partition coefficient (Wildman–Crippen LogP) is 1.66. The number of aromatic nitrogens is 1. The molecule has 1 aromatic heterocycles. The van der Waals surface area contributed by atoms with E-state index in [4.69, 9.17) is 0 Å². The molecule has 1 fully saturated rings. The van der Waals surface area contributed by atoms with Gasteiger partial charge in [0.15, 0.2) is 0 Å². The van der Waals surface area contributed by atoms with Crippen LogP contribution >= 0.6 is 0 Å². The van der Waals surface area contributed by atoms with Gasteiger partial charge in [-0.2, -0.15) is 0 Å². The van der Waals surface area contributed by atoms with E-state index in [2.05, 4.69) is 20.5 Å². The van der Waals surface area contributed by atoms with E-state index in [0.29, 0.717) is 0 Å². The Balaban J connectivity index is 1.53. The summed E-state index contributed by atoms with van der Waals surface area (Å²) in [6.07, 6.45) is 3.65. The van der Waals surface area contributed by atoms with Crippen molar-refractivity contribution < 1.29 is 13.6 Å². The molecule has 1 unspecified atom stereocenters. The van der Waals surface area contributed by atoms with Gasteiger partial charge in [0.25, 0.3) is 0 Å². The van der Waals surface area contributed by atoms with E-state index in [1.807, 2.05) is 18.3 Å². The minimum atomic E-state index is -0.585. The molecule has 0 aliphatic carbocycles. The molecule has 0 radical (unpaired) electrons. The summed E-state index contributed by atoms with van der Waals surface area (Å²) in [6, 6.07) is 7.73. The first-order chi connectivity index (χ1) is 12.6. The number of benzene rings is 1. The summed E-state index contributed by atoms with van der Waals surface area (Å²) >= 11 is 0. The Bertz CT molecular complexity index is 721. The van der Waals surface area contributed by atoms with Crippen molar-refractivity contribution in [2.75, 3.05) is 32.7 Å². The van der Waals surface area contributed by atoms with Gasteiger partial charge in [0.1, 0.15) is 11.6 Å². The van der Waals surface area contributed by atoms with E-state index >= 15 is 0 Å². The molecule has 1 aromatic carbocycles. The number of nitrogens with one attached hydrogen (secondary N) is 2. The highest BCUT2D eigenvalue weighted by molar-refractivity contribution is 5.78. The van der Waals surface area contributed by atoms with Crippen molar-refractivity contribution in [2.45, 2.75) is 12.5 Å². The van der Waals surface area contributed by atoms with Crippen molar-refractivity contribution in [1.82, 2.24) is 20.5 Å². The second-order valence-corrected chi connectivity index (χ2v) is 6.28. The van der Waals surface area contributed by atoms with E-state index in [0.717, 1.165) is 25.2 Å². The second-order valence-electron chi connectivity index (χ2n) is 6.28. The number of amides is 1. The Kier molecular flexibility index (Phi) is 6.25. The van der Waals surface area contributed by atoms with Gasteiger partial charge in [-0.05, 0) is 30.2 Å².